The first-order valence-electron chi connectivity index (χ1n) is 1.58. The van der Waals surface area contributed by atoms with E-state index < -0.39 is 0 Å². The predicted molar refractivity (Wildman–Crippen MR) is 16.7 cm³/mol. The van der Waals surface area contributed by atoms with Crippen molar-refractivity contribution in [3.05, 3.63) is 0 Å². The summed E-state index contributed by atoms with van der Waals surface area (Å²) in [4.78, 5) is 0. The number of methoxy groups -OCH3 is 1. The van der Waals surface area contributed by atoms with Crippen LogP contribution in [0.15, 0.2) is 0 Å². The molecule has 1 atom stereocenters. The van der Waals surface area contributed by atoms with Crippen molar-refractivity contribution in [3.63, 3.8) is 0 Å². The van der Waals surface area contributed by atoms with E-state index in [0.29, 0.717) is 0 Å². The Labute approximate surface area is 30.7 Å². The Morgan fingerprint density at radius 3 is 2.60 bits per heavy atom. The lowest BCUT2D eigenvalue weighted by molar-refractivity contribution is 0.0950. The fraction of sp³-hybridized carbons (Fsp3) is 1.00. The number of hydrogen-bond donors (Lipinski definition) is 0. The van der Waals surface area contributed by atoms with E-state index >= 15 is 0 Å². The van der Waals surface area contributed by atoms with Crippen LogP contribution < -0.4 is 0 Å². The highest BCUT2D eigenvalue weighted by molar-refractivity contribution is 4.51. The summed E-state index contributed by atoms with van der Waals surface area (Å²) in [6.45, 7) is 0.788. The van der Waals surface area contributed by atoms with Crippen LogP contribution in [0.4, 0.5) is 0 Å². The van der Waals surface area contributed by atoms with Gasteiger partial charge in [-0.2, -0.15) is 0 Å². The predicted octanol–water partition coefficient (Wildman–Crippen LogP) is -0.0109. The van der Waals surface area contributed by atoms with E-state index in [-0.39, 0.29) is 6.29 Å². The molecule has 0 aliphatic carbocycles. The second-order valence-corrected chi connectivity index (χ2v) is 0.999. The lowest BCUT2D eigenvalue weighted by Gasteiger charge is -1.76. The molecule has 5 heavy (non-hydrogen) atoms. The summed E-state index contributed by atoms with van der Waals surface area (Å²) < 4.78 is 9.27. The van der Waals surface area contributed by atoms with Gasteiger partial charge in [0.25, 0.3) is 0 Å². The molecule has 1 saturated heterocycles. The molecule has 0 radical (unpaired) electrons. The van der Waals surface area contributed by atoms with Crippen LogP contribution in [0.5, 0.6) is 0 Å². The smallest absolute Gasteiger partial charge is 0.180 e. The zero-order valence-corrected chi connectivity index (χ0v) is 3.10. The maximum Gasteiger partial charge on any atom is 0.180 e. The van der Waals surface area contributed by atoms with Gasteiger partial charge in [-0.05, 0) is 0 Å². The molecule has 0 N–H and O–H groups in total. The van der Waals surface area contributed by atoms with Crippen LogP contribution in [-0.4, -0.2) is 20.0 Å². The fourth-order valence-electron chi connectivity index (χ4n) is 0.175. The molecule has 0 aromatic rings. The van der Waals surface area contributed by atoms with Crippen LogP contribution >= 0.6 is 0 Å². The third-order valence-corrected chi connectivity index (χ3v) is 0.566. The van der Waals surface area contributed by atoms with E-state index in [1.54, 1.807) is 7.11 Å². The topological polar surface area (TPSA) is 21.8 Å². The maximum absolute atomic E-state index is 4.64. The van der Waals surface area contributed by atoms with Crippen molar-refractivity contribution in [1.82, 2.24) is 0 Å². The van der Waals surface area contributed by atoms with Crippen LogP contribution in [0.2, 0.25) is 0 Å². The maximum atomic E-state index is 4.64. The van der Waals surface area contributed by atoms with Gasteiger partial charge in [-0.1, -0.05) is 0 Å². The summed E-state index contributed by atoms with van der Waals surface area (Å²) in [5, 5.41) is 0. The van der Waals surface area contributed by atoms with Crippen molar-refractivity contribution in [2.75, 3.05) is 13.7 Å². The second kappa shape index (κ2) is 0.954. The highest BCUT2D eigenvalue weighted by atomic mass is 16.8. The summed E-state index contributed by atoms with van der Waals surface area (Å²) in [7, 11) is 1.64. The summed E-state index contributed by atoms with van der Waals surface area (Å²) >= 11 is 0. The third kappa shape index (κ3) is 0.597. The van der Waals surface area contributed by atoms with Crippen LogP contribution in [-0.2, 0) is 9.47 Å². The van der Waals surface area contributed by atoms with E-state index in [4.69, 9.17) is 0 Å². The standard InChI is InChI=1S/C3H6O2/c1-4-3-2-5-3/h3H,2H2,1H3. The van der Waals surface area contributed by atoms with Gasteiger partial charge in [0.1, 0.15) is 6.61 Å². The molecule has 0 spiro atoms. The molecule has 0 bridgehead atoms. The van der Waals surface area contributed by atoms with Gasteiger partial charge in [0.2, 0.25) is 0 Å². The first-order chi connectivity index (χ1) is 2.43. The molecule has 1 rings (SSSR count). The summed E-state index contributed by atoms with van der Waals surface area (Å²) in [6.07, 6.45) is 0.134. The lowest BCUT2D eigenvalue weighted by atomic mass is 10.9. The zero-order chi connectivity index (χ0) is 3.70. The van der Waals surface area contributed by atoms with E-state index in [2.05, 4.69) is 9.47 Å². The number of ether oxygens (including phenoxy) is 2. The third-order valence-electron chi connectivity index (χ3n) is 0.566. The summed E-state index contributed by atoms with van der Waals surface area (Å²) in [5.41, 5.74) is 0. The average Bonchev–Trinajstić information content (AvgIpc) is 2.12. The molecule has 2 nitrogen and oxygen atoms in total. The van der Waals surface area contributed by atoms with Crippen molar-refractivity contribution in [1.29, 1.82) is 0 Å². The van der Waals surface area contributed by atoms with E-state index in [0.717, 1.165) is 6.61 Å². The quantitative estimate of drug-likeness (QED) is 0.408. The molecule has 1 heterocycles. The van der Waals surface area contributed by atoms with E-state index in [9.17, 15) is 0 Å². The number of epoxide rings is 1. The monoisotopic (exact) mass is 74.0 g/mol. The van der Waals surface area contributed by atoms with Gasteiger partial charge in [0, 0.05) is 7.11 Å². The van der Waals surface area contributed by atoms with E-state index in [1.807, 2.05) is 0 Å². The van der Waals surface area contributed by atoms with Crippen molar-refractivity contribution >= 4 is 0 Å². The molecular weight excluding hydrogens is 68.0 g/mol. The molecule has 1 aliphatic rings. The minimum absolute atomic E-state index is 0.134. The largest absolute Gasteiger partial charge is 0.354 e. The van der Waals surface area contributed by atoms with Gasteiger partial charge in [-0.15, -0.1) is 0 Å². The van der Waals surface area contributed by atoms with Gasteiger partial charge in [0.15, 0.2) is 6.29 Å². The molecule has 30 valence electrons. The minimum Gasteiger partial charge on any atom is -0.354 e. The SMILES string of the molecule is COC1CO1. The molecule has 0 saturated carbocycles. The Morgan fingerprint density at radius 2 is 2.60 bits per heavy atom. The van der Waals surface area contributed by atoms with Crippen LogP contribution in [0.1, 0.15) is 0 Å². The van der Waals surface area contributed by atoms with E-state index in [1.165, 1.54) is 0 Å². The lowest BCUT2D eigenvalue weighted by Crippen LogP contribution is -1.83. The van der Waals surface area contributed by atoms with Gasteiger partial charge in [-0.25, -0.2) is 0 Å². The fourth-order valence-corrected chi connectivity index (χ4v) is 0.175. The van der Waals surface area contributed by atoms with Crippen LogP contribution in [0.3, 0.4) is 0 Å². The van der Waals surface area contributed by atoms with Crippen LogP contribution in [0, 0.1) is 0 Å². The molecule has 0 amide bonds. The first kappa shape index (κ1) is 3.12. The van der Waals surface area contributed by atoms with Crippen molar-refractivity contribution < 1.29 is 9.47 Å². The van der Waals surface area contributed by atoms with Crippen LogP contribution in [0.25, 0.3) is 0 Å². The molecule has 0 aromatic carbocycles. The van der Waals surface area contributed by atoms with Gasteiger partial charge in [-0.3, -0.25) is 0 Å². The Morgan fingerprint density at radius 1 is 2.00 bits per heavy atom. The van der Waals surface area contributed by atoms with Crippen molar-refractivity contribution in [3.8, 4) is 0 Å². The molecule has 1 fully saturated rings. The minimum atomic E-state index is 0.134. The average molecular weight is 74.1 g/mol. The summed E-state index contributed by atoms with van der Waals surface area (Å²) in [5.74, 6) is 0. The van der Waals surface area contributed by atoms with Crippen molar-refractivity contribution in [2.45, 2.75) is 6.29 Å². The Bertz CT molecular complexity index is 31.9. The normalized spacial score (nSPS) is 34.2. The van der Waals surface area contributed by atoms with Gasteiger partial charge >= 0.3 is 0 Å². The first-order valence-corrected chi connectivity index (χ1v) is 1.58. The Kier molecular flexibility index (Phi) is 0.596. The highest BCUT2D eigenvalue weighted by Crippen LogP contribution is 2.06. The number of hydrogen-bond acceptors (Lipinski definition) is 2. The molecule has 1 aliphatic heterocycles. The van der Waals surface area contributed by atoms with Crippen molar-refractivity contribution in [2.24, 2.45) is 0 Å². The molecular formula is C3H6O2. The molecule has 2 heteroatoms. The molecule has 0 aromatic heterocycles. The van der Waals surface area contributed by atoms with Gasteiger partial charge < -0.3 is 9.47 Å². The molecule has 1 unspecified atom stereocenters. The summed E-state index contributed by atoms with van der Waals surface area (Å²) in [6, 6.07) is 0. The number of rotatable bonds is 1. The van der Waals surface area contributed by atoms with Gasteiger partial charge in [0.05, 0.1) is 0 Å². The second-order valence-electron chi connectivity index (χ2n) is 0.999. The highest BCUT2D eigenvalue weighted by Gasteiger charge is 2.20. The Hall–Kier alpha value is -0.0800. The Balaban J connectivity index is 2.00. The zero-order valence-electron chi connectivity index (χ0n) is 3.10.